The maximum absolute atomic E-state index is 12.6. The van der Waals surface area contributed by atoms with Gasteiger partial charge in [0.2, 0.25) is 10.0 Å². The number of fused-ring (bicyclic) bond motifs is 1. The summed E-state index contributed by atoms with van der Waals surface area (Å²) < 4.78 is 26.6. The Hall–Kier alpha value is -2.91. The Kier molecular flexibility index (Phi) is 5.48. The molecule has 0 aliphatic carbocycles. The number of piperazine rings is 1. The van der Waals surface area contributed by atoms with Gasteiger partial charge in [-0.05, 0) is 36.8 Å². The van der Waals surface area contributed by atoms with Gasteiger partial charge in [-0.2, -0.15) is 4.31 Å². The van der Waals surface area contributed by atoms with Crippen molar-refractivity contribution in [1.29, 1.82) is 0 Å². The lowest BCUT2D eigenvalue weighted by atomic mass is 10.1. The van der Waals surface area contributed by atoms with Gasteiger partial charge in [-0.25, -0.2) is 13.4 Å². The van der Waals surface area contributed by atoms with E-state index in [1.165, 1.54) is 10.6 Å². The van der Waals surface area contributed by atoms with Crippen molar-refractivity contribution in [3.8, 4) is 0 Å². The quantitative estimate of drug-likeness (QED) is 0.672. The molecule has 158 valence electrons. The number of carbonyl (C=O) groups is 1. The lowest BCUT2D eigenvalue weighted by molar-refractivity contribution is 0.0935. The number of rotatable bonds is 5. The van der Waals surface area contributed by atoms with Gasteiger partial charge in [0.1, 0.15) is 11.3 Å². The third-order valence-electron chi connectivity index (χ3n) is 5.41. The van der Waals surface area contributed by atoms with E-state index in [0.717, 1.165) is 16.9 Å². The van der Waals surface area contributed by atoms with Crippen molar-refractivity contribution in [1.82, 2.24) is 19.0 Å². The molecule has 1 saturated heterocycles. The van der Waals surface area contributed by atoms with Crippen molar-refractivity contribution >= 4 is 27.3 Å². The van der Waals surface area contributed by atoms with Crippen LogP contribution in [-0.2, 0) is 10.0 Å². The summed E-state index contributed by atoms with van der Waals surface area (Å²) in [4.78, 5) is 19.1. The molecule has 1 aliphatic heterocycles. The number of benzene rings is 1. The van der Waals surface area contributed by atoms with E-state index in [1.54, 1.807) is 6.20 Å². The second kappa shape index (κ2) is 8.08. The zero-order chi connectivity index (χ0) is 21.3. The number of pyridine rings is 1. The van der Waals surface area contributed by atoms with Crippen molar-refractivity contribution in [2.45, 2.75) is 13.0 Å². The van der Waals surface area contributed by atoms with Crippen LogP contribution in [0.2, 0.25) is 0 Å². The Balaban J connectivity index is 1.38. The van der Waals surface area contributed by atoms with Gasteiger partial charge in [-0.3, -0.25) is 4.79 Å². The molecule has 1 aromatic carbocycles. The Morgan fingerprint density at radius 3 is 2.40 bits per heavy atom. The van der Waals surface area contributed by atoms with Crippen molar-refractivity contribution in [3.05, 3.63) is 66.1 Å². The van der Waals surface area contributed by atoms with Gasteiger partial charge in [0.25, 0.3) is 5.91 Å². The van der Waals surface area contributed by atoms with E-state index < -0.39 is 10.0 Å². The van der Waals surface area contributed by atoms with Crippen LogP contribution in [0.25, 0.3) is 5.65 Å². The standard InChI is InChI=1S/C21H25N5O3S/c1-16(22-21(27)19-15-25-10-4-3-5-20(25)23-19)17-6-8-18(9-7-17)24-11-13-26(14-12-24)30(2,28)29/h3-10,15-16H,11-14H2,1-2H3,(H,22,27). The molecule has 30 heavy (non-hydrogen) atoms. The summed E-state index contributed by atoms with van der Waals surface area (Å²) in [5, 5.41) is 2.99. The molecule has 3 heterocycles. The number of hydrogen-bond acceptors (Lipinski definition) is 5. The summed E-state index contributed by atoms with van der Waals surface area (Å²) in [6.45, 7) is 4.24. The van der Waals surface area contributed by atoms with Crippen LogP contribution in [0.15, 0.2) is 54.9 Å². The van der Waals surface area contributed by atoms with Crippen molar-refractivity contribution in [3.63, 3.8) is 0 Å². The van der Waals surface area contributed by atoms with Crippen LogP contribution in [-0.4, -0.2) is 60.4 Å². The number of hydrogen-bond donors (Lipinski definition) is 1. The fourth-order valence-corrected chi connectivity index (χ4v) is 4.48. The van der Waals surface area contributed by atoms with Gasteiger partial charge in [-0.1, -0.05) is 18.2 Å². The topological polar surface area (TPSA) is 87.0 Å². The van der Waals surface area contributed by atoms with E-state index in [4.69, 9.17) is 0 Å². The Bertz CT molecular complexity index is 1120. The summed E-state index contributed by atoms with van der Waals surface area (Å²) in [5.41, 5.74) is 3.15. The SMILES string of the molecule is CC(NC(=O)c1cn2ccccc2n1)c1ccc(N2CCN(S(C)(=O)=O)CC2)cc1. The van der Waals surface area contributed by atoms with Crippen LogP contribution in [0.1, 0.15) is 29.0 Å². The van der Waals surface area contributed by atoms with Crippen molar-refractivity contribution < 1.29 is 13.2 Å². The number of sulfonamides is 1. The fourth-order valence-electron chi connectivity index (χ4n) is 3.65. The highest BCUT2D eigenvalue weighted by molar-refractivity contribution is 7.88. The molecule has 2 aromatic heterocycles. The van der Waals surface area contributed by atoms with Crippen LogP contribution < -0.4 is 10.2 Å². The van der Waals surface area contributed by atoms with E-state index in [1.807, 2.05) is 60.0 Å². The number of amides is 1. The average molecular weight is 428 g/mol. The molecule has 1 atom stereocenters. The van der Waals surface area contributed by atoms with Gasteiger partial charge in [-0.15, -0.1) is 0 Å². The molecule has 1 aliphatic rings. The molecule has 3 aromatic rings. The minimum Gasteiger partial charge on any atom is -0.369 e. The van der Waals surface area contributed by atoms with Crippen LogP contribution in [0.4, 0.5) is 5.69 Å². The summed E-state index contributed by atoms with van der Waals surface area (Å²) >= 11 is 0. The Morgan fingerprint density at radius 1 is 1.07 bits per heavy atom. The van der Waals surface area contributed by atoms with Crippen LogP contribution >= 0.6 is 0 Å². The predicted molar refractivity (Wildman–Crippen MR) is 116 cm³/mol. The normalized spacial score (nSPS) is 16.5. The second-order valence-electron chi connectivity index (χ2n) is 7.53. The van der Waals surface area contributed by atoms with Gasteiger partial charge < -0.3 is 14.6 Å². The number of nitrogens with zero attached hydrogens (tertiary/aromatic N) is 4. The zero-order valence-corrected chi connectivity index (χ0v) is 17.8. The minimum atomic E-state index is -3.13. The monoisotopic (exact) mass is 427 g/mol. The summed E-state index contributed by atoms with van der Waals surface area (Å²) in [7, 11) is -3.13. The highest BCUT2D eigenvalue weighted by Gasteiger charge is 2.23. The van der Waals surface area contributed by atoms with E-state index in [2.05, 4.69) is 15.2 Å². The van der Waals surface area contributed by atoms with Gasteiger partial charge in [0.15, 0.2) is 0 Å². The number of imidazole rings is 1. The molecule has 9 heteroatoms. The van der Waals surface area contributed by atoms with Crippen molar-refractivity contribution in [2.75, 3.05) is 37.3 Å². The van der Waals surface area contributed by atoms with Gasteiger partial charge >= 0.3 is 0 Å². The molecule has 1 fully saturated rings. The van der Waals surface area contributed by atoms with Gasteiger partial charge in [0, 0.05) is 44.3 Å². The third-order valence-corrected chi connectivity index (χ3v) is 6.71. The maximum atomic E-state index is 12.6. The largest absolute Gasteiger partial charge is 0.369 e. The highest BCUT2D eigenvalue weighted by Crippen LogP contribution is 2.21. The van der Waals surface area contributed by atoms with E-state index in [-0.39, 0.29) is 11.9 Å². The predicted octanol–water partition coefficient (Wildman–Crippen LogP) is 1.91. The summed E-state index contributed by atoms with van der Waals surface area (Å²) in [5.74, 6) is -0.216. The Labute approximate surface area is 176 Å². The first-order valence-electron chi connectivity index (χ1n) is 9.86. The second-order valence-corrected chi connectivity index (χ2v) is 9.51. The van der Waals surface area contributed by atoms with E-state index in [9.17, 15) is 13.2 Å². The molecular weight excluding hydrogens is 402 g/mol. The van der Waals surface area contributed by atoms with E-state index >= 15 is 0 Å². The zero-order valence-electron chi connectivity index (χ0n) is 17.0. The number of nitrogens with one attached hydrogen (secondary N) is 1. The van der Waals surface area contributed by atoms with Crippen molar-refractivity contribution in [2.24, 2.45) is 0 Å². The number of aromatic nitrogens is 2. The lowest BCUT2D eigenvalue weighted by Crippen LogP contribution is -2.48. The summed E-state index contributed by atoms with van der Waals surface area (Å²) in [6.07, 6.45) is 4.83. The maximum Gasteiger partial charge on any atom is 0.271 e. The molecule has 4 rings (SSSR count). The lowest BCUT2D eigenvalue weighted by Gasteiger charge is -2.34. The van der Waals surface area contributed by atoms with Crippen LogP contribution in [0, 0.1) is 0 Å². The molecule has 1 N–H and O–H groups in total. The third kappa shape index (κ3) is 4.31. The molecule has 0 bridgehead atoms. The number of carbonyl (C=O) groups excluding carboxylic acids is 1. The smallest absolute Gasteiger partial charge is 0.271 e. The van der Waals surface area contributed by atoms with Gasteiger partial charge in [0.05, 0.1) is 12.3 Å². The van der Waals surface area contributed by atoms with E-state index in [0.29, 0.717) is 31.9 Å². The highest BCUT2D eigenvalue weighted by atomic mass is 32.2. The first kappa shape index (κ1) is 20.4. The Morgan fingerprint density at radius 2 is 1.77 bits per heavy atom. The molecule has 0 saturated carbocycles. The van der Waals surface area contributed by atoms with Crippen LogP contribution in [0.3, 0.4) is 0 Å². The molecule has 1 unspecified atom stereocenters. The first-order valence-corrected chi connectivity index (χ1v) is 11.7. The first-order chi connectivity index (χ1) is 14.3. The molecular formula is C21H25N5O3S. The molecule has 1 amide bonds. The fraction of sp³-hybridized carbons (Fsp3) is 0.333. The summed E-state index contributed by atoms with van der Waals surface area (Å²) in [6, 6.07) is 13.5. The average Bonchev–Trinajstić information content (AvgIpc) is 3.18. The van der Waals surface area contributed by atoms with Crippen LogP contribution in [0.5, 0.6) is 0 Å². The minimum absolute atomic E-state index is 0.168. The molecule has 8 nitrogen and oxygen atoms in total. The molecule has 0 spiro atoms. The number of anilines is 1. The molecule has 0 radical (unpaired) electrons.